The van der Waals surface area contributed by atoms with Crippen molar-refractivity contribution < 1.29 is 13.6 Å². The van der Waals surface area contributed by atoms with E-state index in [9.17, 15) is 13.6 Å². The maximum absolute atomic E-state index is 14.6. The molecule has 1 aliphatic rings. The molecular weight excluding hydrogens is 342 g/mol. The van der Waals surface area contributed by atoms with Gasteiger partial charge in [-0.2, -0.15) is 0 Å². The molecule has 2 aromatic carbocycles. The predicted molar refractivity (Wildman–Crippen MR) is 95.9 cm³/mol. The van der Waals surface area contributed by atoms with Crippen LogP contribution in [0.15, 0.2) is 47.8 Å². The monoisotopic (exact) mass is 356 g/mol. The number of benzene rings is 2. The van der Waals surface area contributed by atoms with E-state index in [4.69, 9.17) is 5.73 Å². The third-order valence-electron chi connectivity index (χ3n) is 4.35. The standard InChI is InChI=1S/C19H14F2N2OS/c20-14-5-6-15-16(17(14)21)18-11(8-10-25-18)7-9-23(15)19(24)12-1-3-13(22)4-2-12/h1-6,8,10H,7,9,22H2. The average molecular weight is 356 g/mol. The van der Waals surface area contributed by atoms with E-state index >= 15 is 0 Å². The molecule has 0 aliphatic carbocycles. The van der Waals surface area contributed by atoms with Crippen LogP contribution in [-0.4, -0.2) is 12.5 Å². The Morgan fingerprint density at radius 1 is 1.08 bits per heavy atom. The van der Waals surface area contributed by atoms with E-state index in [1.54, 1.807) is 24.3 Å². The molecule has 2 heterocycles. The van der Waals surface area contributed by atoms with Crippen LogP contribution in [0, 0.1) is 11.6 Å². The van der Waals surface area contributed by atoms with Crippen LogP contribution in [0.5, 0.6) is 0 Å². The lowest BCUT2D eigenvalue weighted by Crippen LogP contribution is -2.32. The highest BCUT2D eigenvalue weighted by Crippen LogP contribution is 2.42. The van der Waals surface area contributed by atoms with E-state index in [-0.39, 0.29) is 11.5 Å². The molecular formula is C19H14F2N2OS. The predicted octanol–water partition coefficient (Wildman–Crippen LogP) is 4.48. The summed E-state index contributed by atoms with van der Waals surface area (Å²) < 4.78 is 28.4. The lowest BCUT2D eigenvalue weighted by molar-refractivity contribution is 0.0987. The van der Waals surface area contributed by atoms with Crippen molar-refractivity contribution in [3.05, 3.63) is 70.6 Å². The van der Waals surface area contributed by atoms with Gasteiger partial charge in [0.05, 0.1) is 11.3 Å². The van der Waals surface area contributed by atoms with Gasteiger partial charge in [0.15, 0.2) is 11.6 Å². The molecule has 0 bridgehead atoms. The van der Waals surface area contributed by atoms with Gasteiger partial charge in [0.1, 0.15) is 0 Å². The van der Waals surface area contributed by atoms with Crippen LogP contribution in [0.25, 0.3) is 10.4 Å². The fourth-order valence-corrected chi connectivity index (χ4v) is 4.08. The number of amides is 1. The Balaban J connectivity index is 1.87. The molecule has 0 spiro atoms. The SMILES string of the molecule is Nc1ccc(C(=O)N2CCc3ccsc3-c3c2ccc(F)c3F)cc1. The fourth-order valence-electron chi connectivity index (χ4n) is 3.08. The Morgan fingerprint density at radius 2 is 1.84 bits per heavy atom. The largest absolute Gasteiger partial charge is 0.399 e. The number of carbonyl (C=O) groups is 1. The van der Waals surface area contributed by atoms with Gasteiger partial charge in [0.2, 0.25) is 0 Å². The minimum atomic E-state index is -0.918. The Hall–Kier alpha value is -2.73. The molecule has 0 saturated carbocycles. The maximum atomic E-state index is 14.6. The van der Waals surface area contributed by atoms with Gasteiger partial charge in [-0.25, -0.2) is 8.78 Å². The fraction of sp³-hybridized carbons (Fsp3) is 0.105. The summed E-state index contributed by atoms with van der Waals surface area (Å²) in [5.74, 6) is -2.10. The van der Waals surface area contributed by atoms with Crippen molar-refractivity contribution in [2.24, 2.45) is 0 Å². The molecule has 3 nitrogen and oxygen atoms in total. The number of rotatable bonds is 1. The van der Waals surface area contributed by atoms with Gasteiger partial charge < -0.3 is 10.6 Å². The molecule has 6 heteroatoms. The third kappa shape index (κ3) is 2.59. The van der Waals surface area contributed by atoms with Crippen LogP contribution >= 0.6 is 11.3 Å². The first-order valence-corrected chi connectivity index (χ1v) is 8.66. The molecule has 0 radical (unpaired) electrons. The molecule has 0 fully saturated rings. The highest BCUT2D eigenvalue weighted by atomic mass is 32.1. The molecule has 1 amide bonds. The molecule has 126 valence electrons. The van der Waals surface area contributed by atoms with Crippen molar-refractivity contribution in [1.29, 1.82) is 0 Å². The molecule has 4 rings (SSSR count). The minimum absolute atomic E-state index is 0.159. The lowest BCUT2D eigenvalue weighted by atomic mass is 10.1. The Morgan fingerprint density at radius 3 is 2.60 bits per heavy atom. The van der Waals surface area contributed by atoms with Gasteiger partial charge in [-0.05, 0) is 59.8 Å². The Kier molecular flexibility index (Phi) is 3.77. The van der Waals surface area contributed by atoms with Crippen LogP contribution in [-0.2, 0) is 6.42 Å². The topological polar surface area (TPSA) is 46.3 Å². The van der Waals surface area contributed by atoms with Gasteiger partial charge >= 0.3 is 0 Å². The number of thiophene rings is 1. The highest BCUT2D eigenvalue weighted by Gasteiger charge is 2.29. The van der Waals surface area contributed by atoms with Crippen molar-refractivity contribution in [3.8, 4) is 10.4 Å². The second-order valence-electron chi connectivity index (χ2n) is 5.86. The van der Waals surface area contributed by atoms with E-state index in [1.165, 1.54) is 22.3 Å². The Labute approximate surface area is 147 Å². The number of hydrogen-bond acceptors (Lipinski definition) is 3. The second kappa shape index (κ2) is 5.97. The normalized spacial score (nSPS) is 13.1. The first-order valence-electron chi connectivity index (χ1n) is 7.78. The number of fused-ring (bicyclic) bond motifs is 3. The molecule has 1 aliphatic heterocycles. The summed E-state index contributed by atoms with van der Waals surface area (Å²) in [6.45, 7) is 0.394. The first-order chi connectivity index (χ1) is 12.1. The molecule has 25 heavy (non-hydrogen) atoms. The average Bonchev–Trinajstić information content (AvgIpc) is 3.00. The molecule has 3 aromatic rings. The molecule has 1 aromatic heterocycles. The van der Waals surface area contributed by atoms with Gasteiger partial charge in [0.25, 0.3) is 5.91 Å². The molecule has 2 N–H and O–H groups in total. The summed E-state index contributed by atoms with van der Waals surface area (Å²) in [7, 11) is 0. The van der Waals surface area contributed by atoms with Crippen LogP contribution in [0.1, 0.15) is 15.9 Å². The number of nitrogens with two attached hydrogens (primary N) is 1. The van der Waals surface area contributed by atoms with E-state index in [0.717, 1.165) is 11.6 Å². The summed E-state index contributed by atoms with van der Waals surface area (Å²) in [5.41, 5.74) is 8.15. The zero-order valence-corrected chi connectivity index (χ0v) is 13.9. The van der Waals surface area contributed by atoms with Crippen molar-refractivity contribution in [1.82, 2.24) is 0 Å². The summed E-state index contributed by atoms with van der Waals surface area (Å²) in [6.07, 6.45) is 0.579. The second-order valence-corrected chi connectivity index (χ2v) is 6.78. The quantitative estimate of drug-likeness (QED) is 0.654. The lowest BCUT2D eigenvalue weighted by Gasteiger charge is -2.23. The van der Waals surface area contributed by atoms with Crippen molar-refractivity contribution in [3.63, 3.8) is 0 Å². The number of nitrogens with zero attached hydrogens (tertiary/aromatic N) is 1. The molecule has 0 unspecified atom stereocenters. The van der Waals surface area contributed by atoms with Crippen molar-refractivity contribution in [2.45, 2.75) is 6.42 Å². The summed E-state index contributed by atoms with van der Waals surface area (Å²) in [4.78, 5) is 15.2. The van der Waals surface area contributed by atoms with Crippen LogP contribution in [0.4, 0.5) is 20.2 Å². The molecule has 0 atom stereocenters. The number of nitrogen functional groups attached to an aromatic ring is 1. The molecule has 0 saturated heterocycles. The highest BCUT2D eigenvalue weighted by molar-refractivity contribution is 7.13. The van der Waals surface area contributed by atoms with Gasteiger partial charge in [-0.1, -0.05) is 0 Å². The number of anilines is 2. The van der Waals surface area contributed by atoms with Gasteiger partial charge in [-0.3, -0.25) is 4.79 Å². The number of hydrogen-bond donors (Lipinski definition) is 1. The third-order valence-corrected chi connectivity index (χ3v) is 5.32. The first kappa shape index (κ1) is 15.8. The van der Waals surface area contributed by atoms with Gasteiger partial charge in [0, 0.05) is 22.7 Å². The number of halogens is 2. The van der Waals surface area contributed by atoms with Crippen LogP contribution in [0.2, 0.25) is 0 Å². The van der Waals surface area contributed by atoms with Crippen LogP contribution < -0.4 is 10.6 Å². The minimum Gasteiger partial charge on any atom is -0.399 e. The number of carbonyl (C=O) groups excluding carboxylic acids is 1. The summed E-state index contributed by atoms with van der Waals surface area (Å²) in [6, 6.07) is 11.0. The summed E-state index contributed by atoms with van der Waals surface area (Å²) in [5, 5.41) is 1.86. The smallest absolute Gasteiger partial charge is 0.258 e. The van der Waals surface area contributed by atoms with Gasteiger partial charge in [-0.15, -0.1) is 11.3 Å². The zero-order chi connectivity index (χ0) is 17.6. The van der Waals surface area contributed by atoms with Crippen LogP contribution in [0.3, 0.4) is 0 Å². The van der Waals surface area contributed by atoms with Crippen molar-refractivity contribution >= 4 is 28.6 Å². The van der Waals surface area contributed by atoms with E-state index in [2.05, 4.69) is 0 Å². The van der Waals surface area contributed by atoms with Crippen molar-refractivity contribution in [2.75, 3.05) is 17.2 Å². The summed E-state index contributed by atoms with van der Waals surface area (Å²) >= 11 is 1.35. The van der Waals surface area contributed by atoms with E-state index in [1.807, 2.05) is 11.4 Å². The Bertz CT molecular complexity index is 966. The van der Waals surface area contributed by atoms with E-state index in [0.29, 0.717) is 34.8 Å². The maximum Gasteiger partial charge on any atom is 0.258 e. The van der Waals surface area contributed by atoms with E-state index < -0.39 is 11.6 Å². The zero-order valence-electron chi connectivity index (χ0n) is 13.1.